The molecule has 4 heterocycles. The number of fused-ring (bicyclic) bond motifs is 1. The van der Waals surface area contributed by atoms with Crippen LogP contribution < -0.4 is 25.4 Å². The van der Waals surface area contributed by atoms with Crippen LogP contribution in [0.15, 0.2) is 66.2 Å². The van der Waals surface area contributed by atoms with Gasteiger partial charge in [0.15, 0.2) is 11.5 Å². The number of aromatic nitrogens is 1. The third-order valence-electron chi connectivity index (χ3n) is 13.6. The number of nitrogens with one attached hydrogen (secondary N) is 3. The summed E-state index contributed by atoms with van der Waals surface area (Å²) in [6.07, 6.45) is 1.69. The lowest BCUT2D eigenvalue weighted by molar-refractivity contribution is -0.144. The van der Waals surface area contributed by atoms with Gasteiger partial charge in [0.1, 0.15) is 21.9 Å². The molecule has 4 N–H and O–H groups in total. The van der Waals surface area contributed by atoms with Crippen LogP contribution in [0.1, 0.15) is 97.0 Å². The zero-order valence-corrected chi connectivity index (χ0v) is 44.8. The number of β-amino-alcohol motifs (C(OH)–C–C–N with tert-alkyl or cyclic N) is 1. The number of aryl methyl sites for hydroxylation is 1. The highest BCUT2D eigenvalue weighted by Gasteiger charge is 2.45. The van der Waals surface area contributed by atoms with E-state index in [2.05, 4.69) is 25.8 Å². The van der Waals surface area contributed by atoms with Crippen molar-refractivity contribution in [3.8, 4) is 21.9 Å². The molecule has 4 aromatic rings. The predicted octanol–water partition coefficient (Wildman–Crippen LogP) is 4.44. The van der Waals surface area contributed by atoms with Crippen LogP contribution >= 0.6 is 11.3 Å². The number of carbonyl (C=O) groups excluding carboxylic acids is 6. The highest BCUT2D eigenvalue weighted by atomic mass is 32.2. The number of benzene rings is 3. The van der Waals surface area contributed by atoms with Gasteiger partial charge in [0, 0.05) is 64.1 Å². The molecule has 2 saturated heterocycles. The third-order valence-corrected chi connectivity index (χ3v) is 15.5. The Balaban J connectivity index is 0.859. The van der Waals surface area contributed by atoms with Crippen LogP contribution in [0.3, 0.4) is 0 Å². The molecule has 21 heteroatoms. The molecule has 0 spiro atoms. The monoisotopic (exact) mass is 1060 g/mol. The molecule has 1 aromatic heterocycles. The van der Waals surface area contributed by atoms with Gasteiger partial charge in [-0.3, -0.25) is 38.6 Å². The number of aliphatic hydroxyl groups excluding tert-OH is 1. The summed E-state index contributed by atoms with van der Waals surface area (Å²) in [5, 5.41) is 19.6. The predicted molar refractivity (Wildman–Crippen MR) is 281 cm³/mol. The number of hydrogen-bond donors (Lipinski definition) is 4. The minimum Gasteiger partial charge on any atom is -0.493 e. The second-order valence-electron chi connectivity index (χ2n) is 20.1. The van der Waals surface area contributed by atoms with Crippen LogP contribution in [-0.4, -0.2) is 163 Å². The summed E-state index contributed by atoms with van der Waals surface area (Å²) >= 11 is 1.56. The van der Waals surface area contributed by atoms with Gasteiger partial charge < -0.3 is 40.3 Å². The molecule has 0 radical (unpaired) electrons. The van der Waals surface area contributed by atoms with Gasteiger partial charge in [-0.1, -0.05) is 57.2 Å². The lowest BCUT2D eigenvalue weighted by atomic mass is 9.85. The van der Waals surface area contributed by atoms with Crippen molar-refractivity contribution in [2.24, 2.45) is 5.41 Å². The molecule has 398 valence electrons. The SMILES string of the molecule is CCOc1cc([C@@H](CS(C)(=O)=O)N2C(=O)c3cccc(NCC(=O)N4CCN(CCCCC(=O)N[C@H](C(=O)N5C[C@H](O)C[C@H]5C(=O)NCc5ccc(-c6scnc6C)cc5)C(C)(C)C)CC4)c3C2=O)ccc1OC. The number of unbranched alkanes of at least 4 members (excludes halogenated alkanes) is 1. The number of amides is 6. The number of hydrogen-bond acceptors (Lipinski definition) is 15. The smallest absolute Gasteiger partial charge is 0.264 e. The van der Waals surface area contributed by atoms with Crippen molar-refractivity contribution in [1.29, 1.82) is 0 Å². The van der Waals surface area contributed by atoms with Gasteiger partial charge in [-0.15, -0.1) is 11.3 Å². The van der Waals surface area contributed by atoms with Crippen molar-refractivity contribution in [2.75, 3.05) is 76.9 Å². The van der Waals surface area contributed by atoms with Crippen LogP contribution in [0.25, 0.3) is 10.4 Å². The van der Waals surface area contributed by atoms with Gasteiger partial charge in [0.05, 0.1) is 65.4 Å². The van der Waals surface area contributed by atoms with Crippen LogP contribution in [0, 0.1) is 12.3 Å². The van der Waals surface area contributed by atoms with E-state index in [1.165, 1.54) is 18.1 Å². The van der Waals surface area contributed by atoms with Crippen molar-refractivity contribution in [2.45, 2.75) is 91.1 Å². The highest BCUT2D eigenvalue weighted by Crippen LogP contribution is 2.39. The molecule has 3 aliphatic rings. The normalized spacial score (nSPS) is 18.0. The molecule has 6 amide bonds. The number of anilines is 1. The number of rotatable bonds is 21. The Labute approximate surface area is 436 Å². The summed E-state index contributed by atoms with van der Waals surface area (Å²) in [5.41, 5.74) is 4.79. The van der Waals surface area contributed by atoms with Crippen molar-refractivity contribution >= 4 is 62.3 Å². The first-order valence-corrected chi connectivity index (χ1v) is 27.9. The van der Waals surface area contributed by atoms with Gasteiger partial charge in [-0.05, 0) is 79.6 Å². The first kappa shape index (κ1) is 55.3. The number of aliphatic hydroxyl groups is 1. The molecule has 0 aliphatic carbocycles. The summed E-state index contributed by atoms with van der Waals surface area (Å²) in [6, 6.07) is 14.3. The number of piperazine rings is 1. The molecule has 4 atom stereocenters. The Morgan fingerprint density at radius 3 is 2.34 bits per heavy atom. The lowest BCUT2D eigenvalue weighted by Gasteiger charge is -2.35. The largest absolute Gasteiger partial charge is 0.493 e. The van der Waals surface area contributed by atoms with Gasteiger partial charge in [-0.2, -0.15) is 0 Å². The number of thiazole rings is 1. The molecule has 2 fully saturated rings. The summed E-state index contributed by atoms with van der Waals surface area (Å²) in [5.74, 6) is -2.41. The lowest BCUT2D eigenvalue weighted by Crippen LogP contribution is -2.57. The molecular weight excluding hydrogens is 989 g/mol. The topological polar surface area (TPSA) is 237 Å². The number of likely N-dealkylation sites (tertiary alicyclic amines) is 1. The number of carbonyl (C=O) groups is 6. The first-order chi connectivity index (χ1) is 35.2. The van der Waals surface area contributed by atoms with E-state index in [0.29, 0.717) is 69.2 Å². The minimum absolute atomic E-state index is 0.0190. The van der Waals surface area contributed by atoms with Gasteiger partial charge in [0.25, 0.3) is 11.8 Å². The maximum atomic E-state index is 14.1. The van der Waals surface area contributed by atoms with E-state index in [4.69, 9.17) is 9.47 Å². The molecule has 3 aliphatic heterocycles. The van der Waals surface area contributed by atoms with E-state index < -0.39 is 63.0 Å². The molecule has 0 bridgehead atoms. The Hall–Kier alpha value is -6.42. The fraction of sp³-hybridized carbons (Fsp3) is 0.491. The van der Waals surface area contributed by atoms with Crippen molar-refractivity contribution in [3.63, 3.8) is 0 Å². The van der Waals surface area contributed by atoms with Gasteiger partial charge in [0.2, 0.25) is 23.6 Å². The van der Waals surface area contributed by atoms with Gasteiger partial charge in [-0.25, -0.2) is 13.4 Å². The highest BCUT2D eigenvalue weighted by molar-refractivity contribution is 7.90. The molecule has 7 rings (SSSR count). The standard InChI is InChI=1S/C53H68N8O11S2/c1-8-72-43-26-36(19-20-42(43)71-6)41(31-74(7,69)70)61-50(66)38-12-11-13-39(46(38)51(61)67)54-29-45(64)59-24-22-58(23-25-59)21-10-9-14-44(63)57-48(53(3,4)5)52(68)60-30-37(62)27-40(60)49(65)55-28-34-15-17-35(18-16-34)47-33(2)56-32-73-47/h11-13,15-20,26,32,37,40-41,48,54,62H,8-10,14,21-25,27-31H2,1-7H3,(H,55,65)(H,57,63)/t37-,40+,41-,48-/m1/s1. The minimum atomic E-state index is -3.70. The zero-order chi connectivity index (χ0) is 53.5. The molecule has 74 heavy (non-hydrogen) atoms. The molecule has 0 saturated carbocycles. The summed E-state index contributed by atoms with van der Waals surface area (Å²) in [6.45, 7) is 12.5. The Morgan fingerprint density at radius 2 is 1.69 bits per heavy atom. The van der Waals surface area contributed by atoms with Crippen LogP contribution in [0.2, 0.25) is 0 Å². The quantitative estimate of drug-likeness (QED) is 0.0667. The van der Waals surface area contributed by atoms with E-state index in [1.54, 1.807) is 59.0 Å². The van der Waals surface area contributed by atoms with Crippen molar-refractivity contribution in [3.05, 3.63) is 94.1 Å². The number of ether oxygens (including phenoxy) is 2. The van der Waals surface area contributed by atoms with E-state index in [1.807, 2.05) is 52.0 Å². The van der Waals surface area contributed by atoms with Crippen molar-refractivity contribution in [1.82, 2.24) is 35.2 Å². The Morgan fingerprint density at radius 1 is 0.959 bits per heavy atom. The second-order valence-corrected chi connectivity index (χ2v) is 23.2. The van der Waals surface area contributed by atoms with Crippen LogP contribution in [-0.2, 0) is 35.6 Å². The van der Waals surface area contributed by atoms with E-state index in [0.717, 1.165) is 32.9 Å². The van der Waals surface area contributed by atoms with Crippen molar-refractivity contribution < 1.29 is 51.8 Å². The number of imide groups is 1. The van der Waals surface area contributed by atoms with Crippen LogP contribution in [0.4, 0.5) is 5.69 Å². The molecular formula is C53H68N8O11S2. The van der Waals surface area contributed by atoms with E-state index in [-0.39, 0.29) is 67.0 Å². The second kappa shape index (κ2) is 23.8. The summed E-state index contributed by atoms with van der Waals surface area (Å²) in [4.78, 5) is 94.2. The summed E-state index contributed by atoms with van der Waals surface area (Å²) < 4.78 is 36.5. The Kier molecular flexibility index (Phi) is 17.8. The first-order valence-electron chi connectivity index (χ1n) is 25.0. The summed E-state index contributed by atoms with van der Waals surface area (Å²) in [7, 11) is -2.23. The van der Waals surface area contributed by atoms with E-state index in [9.17, 15) is 42.3 Å². The van der Waals surface area contributed by atoms with E-state index >= 15 is 0 Å². The average molecular weight is 1060 g/mol. The number of sulfone groups is 1. The fourth-order valence-corrected chi connectivity index (χ4v) is 11.4. The third kappa shape index (κ3) is 13.3. The van der Waals surface area contributed by atoms with Crippen LogP contribution in [0.5, 0.6) is 11.5 Å². The molecule has 3 aromatic carbocycles. The number of methoxy groups -OCH3 is 1. The number of nitrogens with zero attached hydrogens (tertiary/aromatic N) is 5. The average Bonchev–Trinajstić information content (AvgIpc) is 4.06. The zero-order valence-electron chi connectivity index (χ0n) is 43.1. The maximum absolute atomic E-state index is 14.1. The fourth-order valence-electron chi connectivity index (χ4n) is 9.65. The Bertz CT molecular complexity index is 2820. The maximum Gasteiger partial charge on any atom is 0.264 e. The molecule has 0 unspecified atom stereocenters. The van der Waals surface area contributed by atoms with Gasteiger partial charge >= 0.3 is 0 Å². The molecule has 19 nitrogen and oxygen atoms in total.